The maximum atomic E-state index is 13.9. The summed E-state index contributed by atoms with van der Waals surface area (Å²) >= 11 is 1.09. The quantitative estimate of drug-likeness (QED) is 0.573. The van der Waals surface area contributed by atoms with Crippen LogP contribution in [0.25, 0.3) is 11.4 Å². The number of halogens is 1. The standard InChI is InChI=1S/C16H20FN5O3S2/c1-10(15(23)21(2)11-7-8-27(24,25)9-11)26-16-20-19-14(22(16)18)12-5-3-4-6-13(12)17/h3-6,10-11H,7-9,18H2,1-2H3/t10-,11-/m1/s1. The zero-order valence-electron chi connectivity index (χ0n) is 14.9. The summed E-state index contributed by atoms with van der Waals surface area (Å²) in [4.78, 5) is 14.1. The van der Waals surface area contributed by atoms with E-state index in [4.69, 9.17) is 5.84 Å². The van der Waals surface area contributed by atoms with E-state index in [9.17, 15) is 17.6 Å². The van der Waals surface area contributed by atoms with Gasteiger partial charge in [-0.15, -0.1) is 10.2 Å². The summed E-state index contributed by atoms with van der Waals surface area (Å²) in [6.07, 6.45) is 0.437. The molecule has 3 rings (SSSR count). The van der Waals surface area contributed by atoms with E-state index in [0.717, 1.165) is 16.4 Å². The van der Waals surface area contributed by atoms with Gasteiger partial charge in [0.2, 0.25) is 11.1 Å². The summed E-state index contributed by atoms with van der Waals surface area (Å²) in [7, 11) is -1.48. The number of rotatable bonds is 5. The number of aromatic nitrogens is 3. The number of nitrogens with two attached hydrogens (primary N) is 1. The molecule has 11 heteroatoms. The van der Waals surface area contributed by atoms with Gasteiger partial charge in [0.05, 0.1) is 22.3 Å². The number of thioether (sulfide) groups is 1. The third-order valence-electron chi connectivity index (χ3n) is 4.51. The number of amides is 1. The van der Waals surface area contributed by atoms with E-state index in [-0.39, 0.29) is 40.0 Å². The van der Waals surface area contributed by atoms with Gasteiger partial charge in [-0.2, -0.15) is 0 Å². The zero-order chi connectivity index (χ0) is 19.8. The molecule has 146 valence electrons. The minimum absolute atomic E-state index is 0.0167. The smallest absolute Gasteiger partial charge is 0.235 e. The van der Waals surface area contributed by atoms with Crippen molar-refractivity contribution in [2.75, 3.05) is 24.4 Å². The van der Waals surface area contributed by atoms with Crippen molar-refractivity contribution in [3.05, 3.63) is 30.1 Å². The Morgan fingerprint density at radius 3 is 2.74 bits per heavy atom. The Bertz CT molecular complexity index is 963. The van der Waals surface area contributed by atoms with Gasteiger partial charge in [0, 0.05) is 13.1 Å². The molecule has 1 amide bonds. The second-order valence-electron chi connectivity index (χ2n) is 6.42. The lowest BCUT2D eigenvalue weighted by atomic mass is 10.2. The molecule has 0 saturated carbocycles. The molecular formula is C16H20FN5O3S2. The van der Waals surface area contributed by atoms with Gasteiger partial charge in [0.25, 0.3) is 0 Å². The van der Waals surface area contributed by atoms with E-state index >= 15 is 0 Å². The van der Waals surface area contributed by atoms with Crippen LogP contribution in [0.15, 0.2) is 29.4 Å². The summed E-state index contributed by atoms with van der Waals surface area (Å²) < 4.78 is 38.3. The van der Waals surface area contributed by atoms with Gasteiger partial charge in [-0.1, -0.05) is 23.9 Å². The number of carbonyl (C=O) groups is 1. The van der Waals surface area contributed by atoms with Crippen molar-refractivity contribution in [3.8, 4) is 11.4 Å². The third-order valence-corrected chi connectivity index (χ3v) is 7.31. The first-order valence-electron chi connectivity index (χ1n) is 8.29. The maximum absolute atomic E-state index is 13.9. The van der Waals surface area contributed by atoms with E-state index in [1.807, 2.05) is 0 Å². The summed E-state index contributed by atoms with van der Waals surface area (Å²) in [6.45, 7) is 1.68. The van der Waals surface area contributed by atoms with Crippen LogP contribution in [-0.2, 0) is 14.6 Å². The number of sulfone groups is 1. The average molecular weight is 414 g/mol. The zero-order valence-corrected chi connectivity index (χ0v) is 16.5. The fraction of sp³-hybridized carbons (Fsp3) is 0.438. The molecule has 1 aromatic heterocycles. The van der Waals surface area contributed by atoms with Crippen molar-refractivity contribution in [2.45, 2.75) is 29.8 Å². The molecule has 0 unspecified atom stereocenters. The first kappa shape index (κ1) is 19.6. The Kier molecular flexibility index (Phi) is 5.43. The van der Waals surface area contributed by atoms with Gasteiger partial charge in [0.15, 0.2) is 15.7 Å². The number of hydrogen-bond acceptors (Lipinski definition) is 7. The molecular weight excluding hydrogens is 393 g/mol. The lowest BCUT2D eigenvalue weighted by Crippen LogP contribution is -2.41. The fourth-order valence-corrected chi connectivity index (χ4v) is 5.59. The minimum Gasteiger partial charge on any atom is -0.341 e. The molecule has 2 aromatic rings. The number of carbonyl (C=O) groups excluding carboxylic acids is 1. The Hall–Kier alpha value is -2.14. The first-order valence-corrected chi connectivity index (χ1v) is 11.0. The molecule has 1 aliphatic heterocycles. The molecule has 2 N–H and O–H groups in total. The van der Waals surface area contributed by atoms with Crippen molar-refractivity contribution in [1.82, 2.24) is 19.8 Å². The van der Waals surface area contributed by atoms with E-state index < -0.39 is 20.9 Å². The molecule has 1 saturated heterocycles. The molecule has 0 spiro atoms. The number of hydrogen-bond donors (Lipinski definition) is 1. The Morgan fingerprint density at radius 2 is 2.11 bits per heavy atom. The van der Waals surface area contributed by atoms with Crippen molar-refractivity contribution in [2.24, 2.45) is 0 Å². The summed E-state index contributed by atoms with van der Waals surface area (Å²) in [5.41, 5.74) is 0.214. The van der Waals surface area contributed by atoms with Gasteiger partial charge >= 0.3 is 0 Å². The molecule has 1 fully saturated rings. The molecule has 2 heterocycles. The predicted octanol–water partition coefficient (Wildman–Crippen LogP) is 0.924. The maximum Gasteiger partial charge on any atom is 0.235 e. The molecule has 1 aromatic carbocycles. The summed E-state index contributed by atoms with van der Waals surface area (Å²) in [5, 5.41) is 7.58. The van der Waals surface area contributed by atoms with Gasteiger partial charge in [-0.05, 0) is 25.5 Å². The van der Waals surface area contributed by atoms with Gasteiger partial charge in [-0.3, -0.25) is 4.79 Å². The van der Waals surface area contributed by atoms with E-state index in [1.165, 1.54) is 11.0 Å². The number of nitrogen functional groups attached to an aromatic ring is 1. The molecule has 0 aliphatic carbocycles. The molecule has 2 atom stereocenters. The van der Waals surface area contributed by atoms with E-state index in [2.05, 4.69) is 10.2 Å². The van der Waals surface area contributed by atoms with Crippen molar-refractivity contribution < 1.29 is 17.6 Å². The highest BCUT2D eigenvalue weighted by molar-refractivity contribution is 8.00. The lowest BCUT2D eigenvalue weighted by molar-refractivity contribution is -0.130. The second-order valence-corrected chi connectivity index (χ2v) is 9.96. The van der Waals surface area contributed by atoms with E-state index in [0.29, 0.717) is 6.42 Å². The largest absolute Gasteiger partial charge is 0.341 e. The highest BCUT2D eigenvalue weighted by Crippen LogP contribution is 2.27. The monoisotopic (exact) mass is 413 g/mol. The van der Waals surface area contributed by atoms with Crippen LogP contribution in [0.1, 0.15) is 13.3 Å². The number of nitrogens with zero attached hydrogens (tertiary/aromatic N) is 4. The van der Waals surface area contributed by atoms with Crippen LogP contribution >= 0.6 is 11.8 Å². The Morgan fingerprint density at radius 1 is 1.41 bits per heavy atom. The second kappa shape index (κ2) is 7.47. The van der Waals surface area contributed by atoms with Crippen LogP contribution in [0.4, 0.5) is 4.39 Å². The summed E-state index contributed by atoms with van der Waals surface area (Å²) in [6, 6.07) is 5.74. The highest BCUT2D eigenvalue weighted by atomic mass is 32.2. The average Bonchev–Trinajstić information content (AvgIpc) is 3.17. The SMILES string of the molecule is C[C@@H](Sc1nnc(-c2ccccc2F)n1N)C(=O)N(C)[C@@H]1CCS(=O)(=O)C1. The third kappa shape index (κ3) is 4.08. The first-order chi connectivity index (χ1) is 12.7. The Labute approximate surface area is 160 Å². The van der Waals surface area contributed by atoms with Crippen LogP contribution in [0.2, 0.25) is 0 Å². The van der Waals surface area contributed by atoms with Crippen molar-refractivity contribution in [1.29, 1.82) is 0 Å². The van der Waals surface area contributed by atoms with Crippen LogP contribution in [0.5, 0.6) is 0 Å². The normalized spacial score (nSPS) is 19.7. The van der Waals surface area contributed by atoms with Crippen molar-refractivity contribution >= 4 is 27.5 Å². The van der Waals surface area contributed by atoms with Crippen LogP contribution in [0, 0.1) is 5.82 Å². The molecule has 27 heavy (non-hydrogen) atoms. The molecule has 1 aliphatic rings. The molecule has 0 bridgehead atoms. The molecule has 0 radical (unpaired) electrons. The predicted molar refractivity (Wildman–Crippen MR) is 101 cm³/mol. The van der Waals surface area contributed by atoms with Crippen LogP contribution < -0.4 is 5.84 Å². The summed E-state index contributed by atoms with van der Waals surface area (Å²) in [5.74, 6) is 5.53. The number of benzene rings is 1. The Balaban J connectivity index is 1.72. The van der Waals surface area contributed by atoms with Gasteiger partial charge < -0.3 is 10.7 Å². The topological polar surface area (TPSA) is 111 Å². The minimum atomic E-state index is -3.08. The fourth-order valence-electron chi connectivity index (χ4n) is 2.94. The molecule has 8 nitrogen and oxygen atoms in total. The van der Waals surface area contributed by atoms with Crippen molar-refractivity contribution in [3.63, 3.8) is 0 Å². The van der Waals surface area contributed by atoms with Gasteiger partial charge in [0.1, 0.15) is 5.82 Å². The highest BCUT2D eigenvalue weighted by Gasteiger charge is 2.34. The lowest BCUT2D eigenvalue weighted by Gasteiger charge is -2.26. The van der Waals surface area contributed by atoms with Crippen LogP contribution in [-0.4, -0.2) is 63.9 Å². The van der Waals surface area contributed by atoms with E-state index in [1.54, 1.807) is 32.2 Å². The van der Waals surface area contributed by atoms with Crippen LogP contribution in [0.3, 0.4) is 0 Å². The van der Waals surface area contributed by atoms with Gasteiger partial charge in [-0.25, -0.2) is 17.5 Å².